The number of carbonyl (C=O) groups is 1. The number of esters is 1. The van der Waals surface area contributed by atoms with E-state index in [1.165, 1.54) is 24.0 Å². The average Bonchev–Trinajstić information content (AvgIpc) is 3.04. The molecule has 0 bridgehead atoms. The quantitative estimate of drug-likeness (QED) is 0.679. The molecule has 0 amide bonds. The van der Waals surface area contributed by atoms with E-state index in [0.29, 0.717) is 33.0 Å². The summed E-state index contributed by atoms with van der Waals surface area (Å²) in [5.74, 6) is 0.936. The Hall–Kier alpha value is -2.87. The van der Waals surface area contributed by atoms with Crippen molar-refractivity contribution < 1.29 is 14.3 Å². The van der Waals surface area contributed by atoms with Crippen LogP contribution in [0.4, 0.5) is 5.69 Å². The number of methoxy groups -OCH3 is 2. The minimum Gasteiger partial charge on any atom is -0.495 e. The first-order valence-electron chi connectivity index (χ1n) is 9.05. The fraction of sp³-hybridized carbons (Fsp3) is 0.350. The molecule has 146 valence electrons. The zero-order valence-electron chi connectivity index (χ0n) is 16.0. The van der Waals surface area contributed by atoms with Crippen molar-refractivity contribution >= 4 is 33.2 Å². The Morgan fingerprint density at radius 2 is 2.18 bits per heavy atom. The zero-order chi connectivity index (χ0) is 19.8. The second kappa shape index (κ2) is 7.27. The SMILES string of the molecule is COC(=O)c1sc2nc(CN3CCCc4cccc(OC)c43)[nH]c(=O)c2c1C. The molecule has 0 unspecified atom stereocenters. The molecule has 8 heteroatoms. The number of benzene rings is 1. The molecule has 3 heterocycles. The van der Waals surface area contributed by atoms with Crippen LogP contribution in [0.15, 0.2) is 23.0 Å². The Bertz CT molecular complexity index is 1100. The minimum absolute atomic E-state index is 0.235. The fourth-order valence-corrected chi connectivity index (χ4v) is 4.87. The highest BCUT2D eigenvalue weighted by molar-refractivity contribution is 7.20. The van der Waals surface area contributed by atoms with Crippen molar-refractivity contribution in [2.45, 2.75) is 26.3 Å². The summed E-state index contributed by atoms with van der Waals surface area (Å²) in [7, 11) is 2.99. The molecule has 0 aliphatic carbocycles. The number of hydrogen-bond acceptors (Lipinski definition) is 7. The van der Waals surface area contributed by atoms with Crippen molar-refractivity contribution in [3.05, 3.63) is 50.4 Å². The second-order valence-electron chi connectivity index (χ2n) is 6.73. The van der Waals surface area contributed by atoms with Crippen LogP contribution in [0.25, 0.3) is 10.2 Å². The number of para-hydroxylation sites is 1. The molecule has 1 aliphatic heterocycles. The van der Waals surface area contributed by atoms with Gasteiger partial charge in [-0.1, -0.05) is 12.1 Å². The number of anilines is 1. The Balaban J connectivity index is 1.74. The molecular formula is C20H21N3O4S. The molecule has 0 atom stereocenters. The van der Waals surface area contributed by atoms with Gasteiger partial charge in [0.15, 0.2) is 0 Å². The van der Waals surface area contributed by atoms with Crippen molar-refractivity contribution in [1.82, 2.24) is 9.97 Å². The van der Waals surface area contributed by atoms with Crippen LogP contribution in [0.5, 0.6) is 5.75 Å². The standard InChI is InChI=1S/C20H21N3O4S/c1-11-15-18(24)21-14(22-19(15)28-17(11)20(25)27-3)10-23-9-5-7-12-6-4-8-13(26-2)16(12)23/h4,6,8H,5,7,9-10H2,1-3H3,(H,21,22,24). The van der Waals surface area contributed by atoms with Gasteiger partial charge in [-0.25, -0.2) is 9.78 Å². The van der Waals surface area contributed by atoms with Gasteiger partial charge in [0.2, 0.25) is 0 Å². The third-order valence-electron chi connectivity index (χ3n) is 5.05. The molecule has 1 N–H and O–H groups in total. The highest BCUT2D eigenvalue weighted by Gasteiger charge is 2.23. The van der Waals surface area contributed by atoms with E-state index in [2.05, 4.69) is 20.9 Å². The third kappa shape index (κ3) is 3.03. The Morgan fingerprint density at radius 3 is 2.93 bits per heavy atom. The molecule has 3 aromatic rings. The van der Waals surface area contributed by atoms with Crippen LogP contribution < -0.4 is 15.2 Å². The Morgan fingerprint density at radius 1 is 1.36 bits per heavy atom. The van der Waals surface area contributed by atoms with Gasteiger partial charge in [-0.2, -0.15) is 0 Å². The smallest absolute Gasteiger partial charge is 0.348 e. The van der Waals surface area contributed by atoms with E-state index in [1.807, 2.05) is 12.1 Å². The number of aromatic nitrogens is 2. The first-order chi connectivity index (χ1) is 13.5. The number of ether oxygens (including phenoxy) is 2. The molecule has 0 saturated carbocycles. The van der Waals surface area contributed by atoms with Gasteiger partial charge in [0.05, 0.1) is 31.8 Å². The lowest BCUT2D eigenvalue weighted by atomic mass is 10.0. The minimum atomic E-state index is -0.448. The van der Waals surface area contributed by atoms with Crippen LogP contribution in [0.2, 0.25) is 0 Å². The molecule has 1 aliphatic rings. The molecule has 7 nitrogen and oxygen atoms in total. The maximum Gasteiger partial charge on any atom is 0.348 e. The number of rotatable bonds is 4. The zero-order valence-corrected chi connectivity index (χ0v) is 16.8. The van der Waals surface area contributed by atoms with Crippen molar-refractivity contribution in [2.24, 2.45) is 0 Å². The number of fused-ring (bicyclic) bond motifs is 2. The maximum absolute atomic E-state index is 12.7. The molecule has 1 aromatic carbocycles. The molecule has 0 radical (unpaired) electrons. The van der Waals surface area contributed by atoms with Crippen LogP contribution >= 0.6 is 11.3 Å². The lowest BCUT2D eigenvalue weighted by molar-refractivity contribution is 0.0605. The molecule has 4 rings (SSSR count). The number of hydrogen-bond donors (Lipinski definition) is 1. The topological polar surface area (TPSA) is 84.5 Å². The maximum atomic E-state index is 12.7. The number of thiophene rings is 1. The van der Waals surface area contributed by atoms with E-state index in [0.717, 1.165) is 30.8 Å². The number of nitrogens with zero attached hydrogens (tertiary/aromatic N) is 2. The van der Waals surface area contributed by atoms with Gasteiger partial charge in [-0.15, -0.1) is 11.3 Å². The molecule has 28 heavy (non-hydrogen) atoms. The van der Waals surface area contributed by atoms with E-state index in [9.17, 15) is 9.59 Å². The monoisotopic (exact) mass is 399 g/mol. The van der Waals surface area contributed by atoms with Gasteiger partial charge in [-0.3, -0.25) is 4.79 Å². The fourth-order valence-electron chi connectivity index (χ4n) is 3.75. The van der Waals surface area contributed by atoms with Crippen molar-refractivity contribution in [1.29, 1.82) is 0 Å². The lowest BCUT2D eigenvalue weighted by Gasteiger charge is -2.32. The van der Waals surface area contributed by atoms with Crippen LogP contribution in [0.3, 0.4) is 0 Å². The van der Waals surface area contributed by atoms with Crippen LogP contribution in [-0.2, 0) is 17.7 Å². The predicted molar refractivity (Wildman–Crippen MR) is 109 cm³/mol. The first-order valence-corrected chi connectivity index (χ1v) is 9.86. The molecule has 0 saturated heterocycles. The predicted octanol–water partition coefficient (Wildman–Crippen LogP) is 3.04. The van der Waals surface area contributed by atoms with Gasteiger partial charge < -0.3 is 19.4 Å². The van der Waals surface area contributed by atoms with Crippen LogP contribution in [-0.4, -0.2) is 36.7 Å². The van der Waals surface area contributed by atoms with Gasteiger partial charge in [0, 0.05) is 6.54 Å². The van der Waals surface area contributed by atoms with Gasteiger partial charge >= 0.3 is 5.97 Å². The number of carbonyl (C=O) groups excluding carboxylic acids is 1. The van der Waals surface area contributed by atoms with Crippen molar-refractivity contribution in [2.75, 3.05) is 25.7 Å². The summed E-state index contributed by atoms with van der Waals surface area (Å²) >= 11 is 1.19. The van der Waals surface area contributed by atoms with E-state index < -0.39 is 5.97 Å². The highest BCUT2D eigenvalue weighted by atomic mass is 32.1. The van der Waals surface area contributed by atoms with Crippen LogP contribution in [0.1, 0.15) is 33.0 Å². The average molecular weight is 399 g/mol. The number of aromatic amines is 1. The van der Waals surface area contributed by atoms with E-state index in [-0.39, 0.29) is 5.56 Å². The second-order valence-corrected chi connectivity index (χ2v) is 7.73. The molecule has 0 spiro atoms. The summed E-state index contributed by atoms with van der Waals surface area (Å²) < 4.78 is 10.4. The summed E-state index contributed by atoms with van der Waals surface area (Å²) in [6.07, 6.45) is 2.02. The van der Waals surface area contributed by atoms with Crippen molar-refractivity contribution in [3.63, 3.8) is 0 Å². The van der Waals surface area contributed by atoms with E-state index >= 15 is 0 Å². The Labute approximate surface area is 165 Å². The lowest BCUT2D eigenvalue weighted by Crippen LogP contribution is -2.31. The summed E-state index contributed by atoms with van der Waals surface area (Å²) in [6.45, 7) is 3.06. The number of nitrogens with one attached hydrogen (secondary N) is 1. The third-order valence-corrected chi connectivity index (χ3v) is 6.22. The summed E-state index contributed by atoms with van der Waals surface area (Å²) in [4.78, 5) is 35.3. The van der Waals surface area contributed by atoms with Gasteiger partial charge in [-0.05, 0) is 37.0 Å². The summed E-state index contributed by atoms with van der Waals surface area (Å²) in [5.41, 5.74) is 2.66. The van der Waals surface area contributed by atoms with Gasteiger partial charge in [0.25, 0.3) is 5.56 Å². The molecule has 2 aromatic heterocycles. The summed E-state index contributed by atoms with van der Waals surface area (Å²) in [5, 5.41) is 0.450. The highest BCUT2D eigenvalue weighted by Crippen LogP contribution is 2.37. The molecule has 0 fully saturated rings. The van der Waals surface area contributed by atoms with Crippen molar-refractivity contribution in [3.8, 4) is 5.75 Å². The Kier molecular flexibility index (Phi) is 4.80. The summed E-state index contributed by atoms with van der Waals surface area (Å²) in [6, 6.07) is 6.05. The molecular weight excluding hydrogens is 378 g/mol. The first kappa shape index (κ1) is 18.5. The van der Waals surface area contributed by atoms with Gasteiger partial charge in [0.1, 0.15) is 21.3 Å². The normalized spacial score (nSPS) is 13.5. The largest absolute Gasteiger partial charge is 0.495 e. The number of H-pyrrole nitrogens is 1. The van der Waals surface area contributed by atoms with Crippen LogP contribution in [0, 0.1) is 6.92 Å². The van der Waals surface area contributed by atoms with E-state index in [4.69, 9.17) is 9.47 Å². The van der Waals surface area contributed by atoms with E-state index in [1.54, 1.807) is 14.0 Å². The number of aryl methyl sites for hydroxylation is 2.